The van der Waals surface area contributed by atoms with Gasteiger partial charge in [-0.05, 0) is 35.8 Å². The summed E-state index contributed by atoms with van der Waals surface area (Å²) in [5, 5.41) is 8.88. The number of benzene rings is 1. The molecule has 0 atom stereocenters. The third-order valence-electron chi connectivity index (χ3n) is 2.52. The monoisotopic (exact) mass is 249 g/mol. The van der Waals surface area contributed by atoms with Crippen LogP contribution in [0.5, 0.6) is 0 Å². The molecule has 0 aromatic heterocycles. The van der Waals surface area contributed by atoms with Gasteiger partial charge in [0.25, 0.3) is 0 Å². The van der Waals surface area contributed by atoms with Gasteiger partial charge in [-0.3, -0.25) is 0 Å². The maximum absolute atomic E-state index is 6.01. The van der Waals surface area contributed by atoms with Crippen molar-refractivity contribution in [1.29, 1.82) is 0 Å². The molecule has 2 rings (SSSR count). The Bertz CT molecular complexity index is 517. The van der Waals surface area contributed by atoms with E-state index in [0.717, 1.165) is 18.7 Å². The van der Waals surface area contributed by atoms with Gasteiger partial charge in [-0.15, -0.1) is 0 Å². The zero-order valence-electron chi connectivity index (χ0n) is 9.60. The van der Waals surface area contributed by atoms with Crippen LogP contribution >= 0.6 is 11.6 Å². The molecular formula is C12H14ClN4+. The van der Waals surface area contributed by atoms with Gasteiger partial charge in [-0.2, -0.15) is 0 Å². The van der Waals surface area contributed by atoms with Crippen LogP contribution in [0.1, 0.15) is 12.8 Å². The third-order valence-corrected chi connectivity index (χ3v) is 2.82. The van der Waals surface area contributed by atoms with E-state index in [9.17, 15) is 0 Å². The average Bonchev–Trinajstić information content (AvgIpc) is 2.30. The van der Waals surface area contributed by atoms with Crippen LogP contribution in [0.4, 0.5) is 11.4 Å². The highest BCUT2D eigenvalue weighted by atomic mass is 35.5. The number of rotatable bonds is 1. The van der Waals surface area contributed by atoms with Crippen LogP contribution in [-0.4, -0.2) is 17.5 Å². The van der Waals surface area contributed by atoms with Crippen LogP contribution in [0.3, 0.4) is 0 Å². The number of nitrogens with zero attached hydrogens (tertiary/aromatic N) is 3. The molecule has 17 heavy (non-hydrogen) atoms. The van der Waals surface area contributed by atoms with Gasteiger partial charge in [-0.25, -0.2) is 4.58 Å². The third kappa shape index (κ3) is 2.91. The molecule has 2 N–H and O–H groups in total. The highest BCUT2D eigenvalue weighted by molar-refractivity contribution is 6.33. The molecular weight excluding hydrogens is 236 g/mol. The van der Waals surface area contributed by atoms with Gasteiger partial charge < -0.3 is 5.73 Å². The summed E-state index contributed by atoms with van der Waals surface area (Å²) in [6, 6.07) is 5.20. The van der Waals surface area contributed by atoms with E-state index in [1.165, 1.54) is 0 Å². The fourth-order valence-corrected chi connectivity index (χ4v) is 1.77. The summed E-state index contributed by atoms with van der Waals surface area (Å²) < 4.78 is 1.96. The summed E-state index contributed by atoms with van der Waals surface area (Å²) in [6.45, 7) is 0. The van der Waals surface area contributed by atoms with E-state index < -0.39 is 0 Å². The lowest BCUT2D eigenvalue weighted by atomic mass is 10.2. The Morgan fingerprint density at radius 3 is 2.88 bits per heavy atom. The van der Waals surface area contributed by atoms with Gasteiger partial charge in [0, 0.05) is 5.69 Å². The average molecular weight is 250 g/mol. The number of amidine groups is 1. The maximum atomic E-state index is 6.01. The predicted octanol–water partition coefficient (Wildman–Crippen LogP) is 3.35. The van der Waals surface area contributed by atoms with E-state index in [1.807, 2.05) is 17.8 Å². The Hall–Kier alpha value is -1.68. The first-order valence-electron chi connectivity index (χ1n) is 5.39. The van der Waals surface area contributed by atoms with Gasteiger partial charge in [0.05, 0.1) is 29.8 Å². The summed E-state index contributed by atoms with van der Waals surface area (Å²) in [5.74, 6) is 0.931. The lowest BCUT2D eigenvalue weighted by Gasteiger charge is -2.00. The van der Waals surface area contributed by atoms with Crippen molar-refractivity contribution in [3.63, 3.8) is 0 Å². The number of halogens is 1. The SMILES string of the molecule is C[N+]1=C(N=Nc2ccc(N)cc2Cl)CCC=C1. The van der Waals surface area contributed by atoms with Crippen LogP contribution in [-0.2, 0) is 0 Å². The first-order chi connectivity index (χ1) is 8.16. The number of azo groups is 1. The van der Waals surface area contributed by atoms with Crippen LogP contribution in [0.25, 0.3) is 0 Å². The molecule has 1 heterocycles. The highest BCUT2D eigenvalue weighted by Crippen LogP contribution is 2.27. The normalized spacial score (nSPS) is 15.9. The van der Waals surface area contributed by atoms with Crippen molar-refractivity contribution in [1.82, 2.24) is 0 Å². The Balaban J connectivity index is 2.23. The molecule has 1 aliphatic rings. The van der Waals surface area contributed by atoms with Gasteiger partial charge >= 0.3 is 5.84 Å². The number of anilines is 1. The highest BCUT2D eigenvalue weighted by Gasteiger charge is 2.13. The van der Waals surface area contributed by atoms with Crippen LogP contribution in [0, 0.1) is 0 Å². The van der Waals surface area contributed by atoms with Crippen LogP contribution in [0.2, 0.25) is 5.02 Å². The molecule has 4 nitrogen and oxygen atoms in total. The predicted molar refractivity (Wildman–Crippen MR) is 69.9 cm³/mol. The van der Waals surface area contributed by atoms with E-state index >= 15 is 0 Å². The summed E-state index contributed by atoms with van der Waals surface area (Å²) in [5.41, 5.74) is 6.87. The first-order valence-corrected chi connectivity index (χ1v) is 5.77. The van der Waals surface area contributed by atoms with Crippen molar-refractivity contribution in [2.24, 2.45) is 10.2 Å². The molecule has 0 aliphatic carbocycles. The molecule has 1 aromatic rings. The van der Waals surface area contributed by atoms with Crippen molar-refractivity contribution < 1.29 is 4.58 Å². The Labute approximate surface area is 105 Å². The minimum Gasteiger partial charge on any atom is -0.399 e. The quantitative estimate of drug-likeness (QED) is 0.463. The van der Waals surface area contributed by atoms with Gasteiger partial charge in [-0.1, -0.05) is 11.6 Å². The number of allylic oxidation sites excluding steroid dienone is 1. The largest absolute Gasteiger partial charge is 0.399 e. The lowest BCUT2D eigenvalue weighted by Crippen LogP contribution is -2.12. The van der Waals surface area contributed by atoms with Crippen molar-refractivity contribution >= 4 is 28.8 Å². The van der Waals surface area contributed by atoms with Crippen LogP contribution in [0.15, 0.2) is 40.7 Å². The molecule has 88 valence electrons. The number of hydrogen-bond acceptors (Lipinski definition) is 3. The molecule has 0 radical (unpaired) electrons. The fraction of sp³-hybridized carbons (Fsp3) is 0.250. The number of nitrogen functional groups attached to an aromatic ring is 1. The second-order valence-electron chi connectivity index (χ2n) is 3.86. The molecule has 0 fully saturated rings. The van der Waals surface area contributed by atoms with Gasteiger partial charge in [0.1, 0.15) is 5.69 Å². The molecule has 1 aromatic carbocycles. The molecule has 0 saturated heterocycles. The minimum absolute atomic E-state index is 0.517. The lowest BCUT2D eigenvalue weighted by molar-refractivity contribution is -0.426. The standard InChI is InChI=1S/C12H13ClN4/c1-17-7-3-2-4-12(17)16-15-11-6-5-9(14)8-10(11)13/h3,5-8,14H,2,4H2,1H3/p+1. The zero-order chi connectivity index (χ0) is 12.3. The van der Waals surface area contributed by atoms with Crippen molar-refractivity contribution in [3.8, 4) is 0 Å². The molecule has 5 heteroatoms. The molecule has 0 amide bonds. The van der Waals surface area contributed by atoms with E-state index in [4.69, 9.17) is 17.3 Å². The molecule has 0 spiro atoms. The Morgan fingerprint density at radius 2 is 2.18 bits per heavy atom. The summed E-state index contributed by atoms with van der Waals surface area (Å²) in [6.07, 6.45) is 5.98. The fourth-order valence-electron chi connectivity index (χ4n) is 1.54. The Kier molecular flexibility index (Phi) is 3.54. The molecule has 0 saturated carbocycles. The topological polar surface area (TPSA) is 53.8 Å². The first kappa shape index (κ1) is 11.8. The Morgan fingerprint density at radius 1 is 1.35 bits per heavy atom. The summed E-state index contributed by atoms with van der Waals surface area (Å²) in [4.78, 5) is 0. The second-order valence-corrected chi connectivity index (χ2v) is 4.27. The second kappa shape index (κ2) is 5.10. The van der Waals surface area contributed by atoms with Gasteiger partial charge in [0.15, 0.2) is 0 Å². The number of hydrogen-bond donors (Lipinski definition) is 1. The summed E-state index contributed by atoms with van der Waals surface area (Å²) in [7, 11) is 1.95. The molecule has 1 aliphatic heterocycles. The number of nitrogens with two attached hydrogens (primary N) is 1. The van der Waals surface area contributed by atoms with E-state index in [0.29, 0.717) is 16.4 Å². The minimum atomic E-state index is 0.517. The zero-order valence-corrected chi connectivity index (χ0v) is 10.4. The van der Waals surface area contributed by atoms with Crippen molar-refractivity contribution in [3.05, 3.63) is 35.5 Å². The van der Waals surface area contributed by atoms with E-state index in [1.54, 1.807) is 18.2 Å². The summed E-state index contributed by atoms with van der Waals surface area (Å²) >= 11 is 6.01. The van der Waals surface area contributed by atoms with Crippen molar-refractivity contribution in [2.45, 2.75) is 12.8 Å². The van der Waals surface area contributed by atoms with E-state index in [-0.39, 0.29) is 0 Å². The van der Waals surface area contributed by atoms with Gasteiger partial charge in [0.2, 0.25) is 0 Å². The smallest absolute Gasteiger partial charge is 0.326 e. The van der Waals surface area contributed by atoms with E-state index in [2.05, 4.69) is 16.3 Å². The maximum Gasteiger partial charge on any atom is 0.326 e. The van der Waals surface area contributed by atoms with Crippen LogP contribution < -0.4 is 5.73 Å². The van der Waals surface area contributed by atoms with Crippen molar-refractivity contribution in [2.75, 3.05) is 12.8 Å². The molecule has 0 unspecified atom stereocenters. The molecule has 0 bridgehead atoms.